The molecule has 2 saturated heterocycles. The zero-order valence-electron chi connectivity index (χ0n) is 14.3. The summed E-state index contributed by atoms with van der Waals surface area (Å²) in [6, 6.07) is 9.12. The van der Waals surface area contributed by atoms with E-state index < -0.39 is 0 Å². The lowest BCUT2D eigenvalue weighted by Gasteiger charge is -2.50. The van der Waals surface area contributed by atoms with Crippen LogP contribution in [-0.4, -0.2) is 37.1 Å². The molecule has 0 saturated carbocycles. The Balaban J connectivity index is 1.79. The first-order chi connectivity index (χ1) is 11.7. The highest BCUT2D eigenvalue weighted by atomic mass is 16.5. The standard InChI is InChI=1S/C20H24N2O2/c1-3-12-11-22-9-8-20-14-6-4-5-7-15(14)21-18(20)17(19(23)24-2)13(12)10-16(20)22/h4-7,12-13,16,21H,3,8-11H2,1-2H3/t12-,13+,16+,20?/m1/s1. The zero-order chi connectivity index (χ0) is 16.5. The molecule has 2 fully saturated rings. The first kappa shape index (κ1) is 14.5. The Morgan fingerprint density at radius 2 is 2.25 bits per heavy atom. The third-order valence-corrected chi connectivity index (χ3v) is 7.00. The van der Waals surface area contributed by atoms with Gasteiger partial charge in [0, 0.05) is 24.0 Å². The van der Waals surface area contributed by atoms with Gasteiger partial charge in [-0.05, 0) is 42.9 Å². The summed E-state index contributed by atoms with van der Waals surface area (Å²) in [5.41, 5.74) is 4.60. The summed E-state index contributed by atoms with van der Waals surface area (Å²) < 4.78 is 5.23. The monoisotopic (exact) mass is 324 g/mol. The number of anilines is 1. The molecule has 4 atom stereocenters. The summed E-state index contributed by atoms with van der Waals surface area (Å²) in [5.74, 6) is 0.739. The number of fused-ring (bicyclic) bond motifs is 2. The van der Waals surface area contributed by atoms with Crippen LogP contribution < -0.4 is 5.32 Å². The summed E-state index contributed by atoms with van der Waals surface area (Å²) in [4.78, 5) is 15.4. The van der Waals surface area contributed by atoms with E-state index in [0.717, 1.165) is 43.6 Å². The number of nitrogens with zero attached hydrogens (tertiary/aromatic N) is 1. The quantitative estimate of drug-likeness (QED) is 0.850. The van der Waals surface area contributed by atoms with E-state index in [9.17, 15) is 4.79 Å². The van der Waals surface area contributed by atoms with Crippen molar-refractivity contribution in [2.24, 2.45) is 11.8 Å². The Morgan fingerprint density at radius 1 is 1.42 bits per heavy atom. The molecule has 3 heterocycles. The third-order valence-electron chi connectivity index (χ3n) is 7.00. The van der Waals surface area contributed by atoms with Crippen molar-refractivity contribution in [3.05, 3.63) is 41.1 Å². The van der Waals surface area contributed by atoms with Crippen molar-refractivity contribution < 1.29 is 9.53 Å². The van der Waals surface area contributed by atoms with Gasteiger partial charge in [-0.25, -0.2) is 4.79 Å². The van der Waals surface area contributed by atoms with E-state index in [0.29, 0.717) is 17.9 Å². The highest BCUT2D eigenvalue weighted by Gasteiger charge is 2.62. The lowest BCUT2D eigenvalue weighted by atomic mass is 9.60. The average molecular weight is 324 g/mol. The number of methoxy groups -OCH3 is 1. The highest BCUT2D eigenvalue weighted by molar-refractivity contribution is 5.93. The van der Waals surface area contributed by atoms with Crippen LogP contribution in [-0.2, 0) is 14.9 Å². The summed E-state index contributed by atoms with van der Waals surface area (Å²) in [7, 11) is 1.52. The van der Waals surface area contributed by atoms with E-state index in [2.05, 4.69) is 41.4 Å². The number of carbonyl (C=O) groups is 1. The van der Waals surface area contributed by atoms with Gasteiger partial charge < -0.3 is 10.1 Å². The number of esters is 1. The molecule has 3 aliphatic heterocycles. The molecule has 1 unspecified atom stereocenters. The van der Waals surface area contributed by atoms with E-state index in [-0.39, 0.29) is 11.4 Å². The number of carbonyl (C=O) groups excluding carboxylic acids is 1. The van der Waals surface area contributed by atoms with Gasteiger partial charge in [0.15, 0.2) is 0 Å². The SMILES string of the molecule is CC[C@@H]1CN2CCC34C(=C(C(=O)OC)[C@H]1C[C@H]23)Nc1ccccc14. The van der Waals surface area contributed by atoms with E-state index in [1.54, 1.807) is 0 Å². The van der Waals surface area contributed by atoms with Crippen LogP contribution in [0, 0.1) is 11.8 Å². The van der Waals surface area contributed by atoms with Crippen molar-refractivity contribution >= 4 is 11.7 Å². The van der Waals surface area contributed by atoms with Crippen LogP contribution in [0.3, 0.4) is 0 Å². The van der Waals surface area contributed by atoms with Gasteiger partial charge in [-0.3, -0.25) is 4.90 Å². The van der Waals surface area contributed by atoms with E-state index in [1.165, 1.54) is 18.4 Å². The summed E-state index contributed by atoms with van der Waals surface area (Å²) >= 11 is 0. The van der Waals surface area contributed by atoms with Gasteiger partial charge in [-0.15, -0.1) is 0 Å². The van der Waals surface area contributed by atoms with Crippen LogP contribution in [0.1, 0.15) is 31.7 Å². The van der Waals surface area contributed by atoms with Crippen molar-refractivity contribution in [1.29, 1.82) is 0 Å². The Kier molecular flexibility index (Phi) is 2.94. The maximum absolute atomic E-state index is 12.8. The Hall–Kier alpha value is -1.81. The van der Waals surface area contributed by atoms with E-state index in [4.69, 9.17) is 4.74 Å². The van der Waals surface area contributed by atoms with Gasteiger partial charge in [0.05, 0.1) is 18.1 Å². The molecular weight excluding hydrogens is 300 g/mol. The van der Waals surface area contributed by atoms with E-state index >= 15 is 0 Å². The fourth-order valence-electron chi connectivity index (χ4n) is 5.98. The average Bonchev–Trinajstić information content (AvgIpc) is 3.17. The largest absolute Gasteiger partial charge is 0.466 e. The second-order valence-corrected chi connectivity index (χ2v) is 7.69. The fraction of sp³-hybridized carbons (Fsp3) is 0.550. The van der Waals surface area contributed by atoms with Crippen LogP contribution >= 0.6 is 0 Å². The lowest BCUT2D eigenvalue weighted by Crippen LogP contribution is -2.55. The number of rotatable bonds is 2. The molecule has 0 radical (unpaired) electrons. The molecule has 4 aliphatic rings. The molecule has 1 aromatic carbocycles. The number of para-hydroxylation sites is 1. The maximum Gasteiger partial charge on any atom is 0.335 e. The lowest BCUT2D eigenvalue weighted by molar-refractivity contribution is -0.137. The smallest absolute Gasteiger partial charge is 0.335 e. The minimum absolute atomic E-state index is 0.0324. The molecule has 5 rings (SSSR count). The van der Waals surface area contributed by atoms with Crippen molar-refractivity contribution in [2.75, 3.05) is 25.5 Å². The third kappa shape index (κ3) is 1.55. The second kappa shape index (κ2) is 4.85. The molecule has 2 bridgehead atoms. The van der Waals surface area contributed by atoms with Crippen LogP contribution in [0.5, 0.6) is 0 Å². The molecular formula is C20H24N2O2. The zero-order valence-corrected chi connectivity index (χ0v) is 14.3. The molecule has 4 nitrogen and oxygen atoms in total. The molecule has 1 spiro atoms. The predicted molar refractivity (Wildman–Crippen MR) is 92.7 cm³/mol. The van der Waals surface area contributed by atoms with Gasteiger partial charge >= 0.3 is 5.97 Å². The number of hydrogen-bond donors (Lipinski definition) is 1. The first-order valence-corrected chi connectivity index (χ1v) is 9.14. The fourth-order valence-corrected chi connectivity index (χ4v) is 5.98. The number of nitrogens with one attached hydrogen (secondary N) is 1. The van der Waals surface area contributed by atoms with Gasteiger partial charge in [-0.2, -0.15) is 0 Å². The van der Waals surface area contributed by atoms with Gasteiger partial charge in [0.1, 0.15) is 0 Å². The molecule has 126 valence electrons. The molecule has 0 amide bonds. The van der Waals surface area contributed by atoms with Crippen LogP contribution in [0.2, 0.25) is 0 Å². The van der Waals surface area contributed by atoms with Gasteiger partial charge in [0.2, 0.25) is 0 Å². The predicted octanol–water partition coefficient (Wildman–Crippen LogP) is 2.91. The molecule has 1 aliphatic carbocycles. The second-order valence-electron chi connectivity index (χ2n) is 7.69. The molecule has 1 aromatic rings. The Morgan fingerprint density at radius 3 is 3.04 bits per heavy atom. The van der Waals surface area contributed by atoms with Crippen LogP contribution in [0.15, 0.2) is 35.5 Å². The minimum atomic E-state index is -0.132. The van der Waals surface area contributed by atoms with Crippen molar-refractivity contribution in [1.82, 2.24) is 4.90 Å². The summed E-state index contributed by atoms with van der Waals surface area (Å²) in [6.45, 7) is 4.49. The normalized spacial score (nSPS) is 36.2. The summed E-state index contributed by atoms with van der Waals surface area (Å²) in [6.07, 6.45) is 3.30. The Labute approximate surface area is 142 Å². The topological polar surface area (TPSA) is 41.6 Å². The van der Waals surface area contributed by atoms with Gasteiger partial charge in [0.25, 0.3) is 0 Å². The maximum atomic E-state index is 12.8. The molecule has 0 aromatic heterocycles. The number of hydrogen-bond acceptors (Lipinski definition) is 4. The highest BCUT2D eigenvalue weighted by Crippen LogP contribution is 2.61. The molecule has 4 heteroatoms. The van der Waals surface area contributed by atoms with E-state index in [1.807, 2.05) is 0 Å². The van der Waals surface area contributed by atoms with Crippen molar-refractivity contribution in [2.45, 2.75) is 37.6 Å². The number of ether oxygens (including phenoxy) is 1. The molecule has 24 heavy (non-hydrogen) atoms. The molecule has 1 N–H and O–H groups in total. The van der Waals surface area contributed by atoms with Crippen molar-refractivity contribution in [3.63, 3.8) is 0 Å². The minimum Gasteiger partial charge on any atom is -0.466 e. The van der Waals surface area contributed by atoms with Crippen LogP contribution in [0.4, 0.5) is 5.69 Å². The van der Waals surface area contributed by atoms with Gasteiger partial charge in [-0.1, -0.05) is 31.5 Å². The van der Waals surface area contributed by atoms with Crippen LogP contribution in [0.25, 0.3) is 0 Å². The number of piperidine rings is 1. The number of benzene rings is 1. The first-order valence-electron chi connectivity index (χ1n) is 9.14. The Bertz CT molecular complexity index is 756. The van der Waals surface area contributed by atoms with Crippen molar-refractivity contribution in [3.8, 4) is 0 Å². The summed E-state index contributed by atoms with van der Waals surface area (Å²) in [5, 5.41) is 3.65.